The molecular weight excluding hydrogens is 203 g/mol. The molecule has 5 heteroatoms. The number of halogens is 5. The Morgan fingerprint density at radius 2 is 1.64 bits per heavy atom. The van der Waals surface area contributed by atoms with Gasteiger partial charge in [-0.3, -0.25) is 0 Å². The third-order valence-electron chi connectivity index (χ3n) is 3.01. The van der Waals surface area contributed by atoms with Crippen LogP contribution in [0.5, 0.6) is 0 Å². The molecule has 1 fully saturated rings. The predicted octanol–water partition coefficient (Wildman–Crippen LogP) is 4.01. The summed E-state index contributed by atoms with van der Waals surface area (Å²) in [6.45, 7) is 1.82. The van der Waals surface area contributed by atoms with Gasteiger partial charge in [-0.15, -0.1) is 0 Å². The van der Waals surface area contributed by atoms with Crippen molar-refractivity contribution in [3.8, 4) is 0 Å². The lowest BCUT2D eigenvalue weighted by Crippen LogP contribution is -2.42. The van der Waals surface area contributed by atoms with Crippen molar-refractivity contribution in [2.75, 3.05) is 0 Å². The Kier molecular flexibility index (Phi) is 3.07. The van der Waals surface area contributed by atoms with Gasteiger partial charge in [-0.05, 0) is 25.2 Å². The van der Waals surface area contributed by atoms with E-state index in [1.54, 1.807) is 0 Å². The van der Waals surface area contributed by atoms with E-state index < -0.39 is 18.0 Å². The molecule has 0 nitrogen and oxygen atoms in total. The van der Waals surface area contributed by atoms with Crippen molar-refractivity contribution in [1.82, 2.24) is 0 Å². The first-order chi connectivity index (χ1) is 6.29. The molecule has 0 aromatic heterocycles. The van der Waals surface area contributed by atoms with E-state index in [9.17, 15) is 22.0 Å². The minimum absolute atomic E-state index is 0.00299. The van der Waals surface area contributed by atoms with E-state index in [0.717, 1.165) is 0 Å². The summed E-state index contributed by atoms with van der Waals surface area (Å²) in [6.07, 6.45) is -4.22. The van der Waals surface area contributed by atoms with Gasteiger partial charge in [0.1, 0.15) is 0 Å². The second kappa shape index (κ2) is 3.66. The number of hydrogen-bond acceptors (Lipinski definition) is 0. The molecule has 0 saturated heterocycles. The van der Waals surface area contributed by atoms with Crippen LogP contribution in [0.3, 0.4) is 0 Å². The van der Waals surface area contributed by atoms with E-state index in [0.29, 0.717) is 12.8 Å². The van der Waals surface area contributed by atoms with E-state index >= 15 is 0 Å². The Hall–Kier alpha value is -0.350. The standard InChI is InChI=1S/C9H13F5/c1-2-6-3-4-7(5-6)8(10,11)9(12,13)14/h6-7H,2-5H2,1H3. The van der Waals surface area contributed by atoms with Crippen LogP contribution in [0, 0.1) is 11.8 Å². The molecule has 0 spiro atoms. The summed E-state index contributed by atoms with van der Waals surface area (Å²) < 4.78 is 61.5. The molecule has 2 unspecified atom stereocenters. The van der Waals surface area contributed by atoms with E-state index in [-0.39, 0.29) is 18.8 Å². The van der Waals surface area contributed by atoms with Crippen molar-refractivity contribution in [3.63, 3.8) is 0 Å². The van der Waals surface area contributed by atoms with Gasteiger partial charge in [0.05, 0.1) is 0 Å². The topological polar surface area (TPSA) is 0 Å². The van der Waals surface area contributed by atoms with Crippen LogP contribution in [-0.4, -0.2) is 12.1 Å². The SMILES string of the molecule is CCC1CCC(C(F)(F)C(F)(F)F)C1. The van der Waals surface area contributed by atoms with Crippen LogP contribution >= 0.6 is 0 Å². The van der Waals surface area contributed by atoms with Crippen LogP contribution in [0.4, 0.5) is 22.0 Å². The van der Waals surface area contributed by atoms with Crippen LogP contribution in [0.15, 0.2) is 0 Å². The van der Waals surface area contributed by atoms with Gasteiger partial charge in [0, 0.05) is 5.92 Å². The van der Waals surface area contributed by atoms with Crippen LogP contribution in [0.2, 0.25) is 0 Å². The van der Waals surface area contributed by atoms with E-state index in [2.05, 4.69) is 0 Å². The van der Waals surface area contributed by atoms with Gasteiger partial charge in [0.15, 0.2) is 0 Å². The fourth-order valence-electron chi connectivity index (χ4n) is 2.01. The fourth-order valence-corrected chi connectivity index (χ4v) is 2.01. The molecule has 2 atom stereocenters. The van der Waals surface area contributed by atoms with Crippen molar-refractivity contribution in [2.45, 2.75) is 44.7 Å². The summed E-state index contributed by atoms with van der Waals surface area (Å²) in [5, 5.41) is 0. The quantitative estimate of drug-likeness (QED) is 0.612. The third kappa shape index (κ3) is 2.01. The highest BCUT2D eigenvalue weighted by Gasteiger charge is 2.62. The Labute approximate surface area is 79.5 Å². The summed E-state index contributed by atoms with van der Waals surface area (Å²) in [7, 11) is 0. The summed E-state index contributed by atoms with van der Waals surface area (Å²) in [4.78, 5) is 0. The maximum atomic E-state index is 12.8. The lowest BCUT2D eigenvalue weighted by molar-refractivity contribution is -0.302. The van der Waals surface area contributed by atoms with Gasteiger partial charge < -0.3 is 0 Å². The zero-order valence-corrected chi connectivity index (χ0v) is 7.87. The molecule has 0 amide bonds. The molecule has 0 bridgehead atoms. The second-order valence-electron chi connectivity index (χ2n) is 3.90. The van der Waals surface area contributed by atoms with Crippen LogP contribution < -0.4 is 0 Å². The van der Waals surface area contributed by atoms with E-state index in [1.165, 1.54) is 0 Å². The molecule has 0 radical (unpaired) electrons. The van der Waals surface area contributed by atoms with Gasteiger partial charge in [-0.1, -0.05) is 13.3 Å². The molecule has 1 rings (SSSR count). The second-order valence-corrected chi connectivity index (χ2v) is 3.90. The molecule has 0 heterocycles. The smallest absolute Gasteiger partial charge is 0.196 e. The van der Waals surface area contributed by atoms with Crippen molar-refractivity contribution in [1.29, 1.82) is 0 Å². The Balaban J connectivity index is 2.66. The highest BCUT2D eigenvalue weighted by Crippen LogP contribution is 2.49. The van der Waals surface area contributed by atoms with Crippen molar-refractivity contribution in [3.05, 3.63) is 0 Å². The maximum Gasteiger partial charge on any atom is 0.453 e. The summed E-state index contributed by atoms with van der Waals surface area (Å²) in [5.41, 5.74) is 0. The molecule has 1 saturated carbocycles. The zero-order chi connectivity index (χ0) is 11.0. The molecule has 0 aliphatic heterocycles. The summed E-state index contributed by atoms with van der Waals surface area (Å²) in [6, 6.07) is 0. The number of rotatable bonds is 2. The van der Waals surface area contributed by atoms with Crippen LogP contribution in [0.1, 0.15) is 32.6 Å². The van der Waals surface area contributed by atoms with Crippen molar-refractivity contribution < 1.29 is 22.0 Å². The number of alkyl halides is 5. The van der Waals surface area contributed by atoms with Crippen molar-refractivity contribution in [2.24, 2.45) is 11.8 Å². The van der Waals surface area contributed by atoms with E-state index in [4.69, 9.17) is 0 Å². The third-order valence-corrected chi connectivity index (χ3v) is 3.01. The Morgan fingerprint density at radius 1 is 1.07 bits per heavy atom. The first-order valence-electron chi connectivity index (χ1n) is 4.73. The molecule has 0 N–H and O–H groups in total. The molecule has 0 aromatic rings. The lowest BCUT2D eigenvalue weighted by Gasteiger charge is -2.25. The van der Waals surface area contributed by atoms with Crippen LogP contribution in [0.25, 0.3) is 0 Å². The fraction of sp³-hybridized carbons (Fsp3) is 1.00. The molecule has 1 aliphatic rings. The average molecular weight is 216 g/mol. The highest BCUT2D eigenvalue weighted by molar-refractivity contribution is 4.89. The summed E-state index contributed by atoms with van der Waals surface area (Å²) >= 11 is 0. The highest BCUT2D eigenvalue weighted by atomic mass is 19.4. The molecule has 84 valence electrons. The Morgan fingerprint density at radius 3 is 2.00 bits per heavy atom. The minimum Gasteiger partial charge on any atom is -0.196 e. The van der Waals surface area contributed by atoms with Gasteiger partial charge in [0.2, 0.25) is 0 Å². The van der Waals surface area contributed by atoms with Crippen molar-refractivity contribution >= 4 is 0 Å². The Bertz CT molecular complexity index is 196. The largest absolute Gasteiger partial charge is 0.453 e. The van der Waals surface area contributed by atoms with Gasteiger partial charge in [0.25, 0.3) is 0 Å². The number of hydrogen-bond donors (Lipinski definition) is 0. The predicted molar refractivity (Wildman–Crippen MR) is 42.1 cm³/mol. The van der Waals surface area contributed by atoms with E-state index in [1.807, 2.05) is 6.92 Å². The van der Waals surface area contributed by atoms with Gasteiger partial charge in [-0.2, -0.15) is 22.0 Å². The molecular formula is C9H13F5. The first kappa shape index (κ1) is 11.7. The minimum atomic E-state index is -5.39. The lowest BCUT2D eigenvalue weighted by atomic mass is 9.97. The molecule has 14 heavy (non-hydrogen) atoms. The average Bonchev–Trinajstić information content (AvgIpc) is 2.49. The monoisotopic (exact) mass is 216 g/mol. The molecule has 0 aromatic carbocycles. The normalized spacial score (nSPS) is 29.6. The summed E-state index contributed by atoms with van der Waals surface area (Å²) in [5.74, 6) is -5.97. The first-order valence-corrected chi connectivity index (χ1v) is 4.73. The molecule has 1 aliphatic carbocycles. The van der Waals surface area contributed by atoms with Crippen LogP contribution in [-0.2, 0) is 0 Å². The van der Waals surface area contributed by atoms with Gasteiger partial charge in [-0.25, -0.2) is 0 Å². The maximum absolute atomic E-state index is 12.8. The zero-order valence-electron chi connectivity index (χ0n) is 7.87. The van der Waals surface area contributed by atoms with Gasteiger partial charge >= 0.3 is 12.1 Å².